The van der Waals surface area contributed by atoms with Crippen molar-refractivity contribution in [2.75, 3.05) is 19.7 Å². The van der Waals surface area contributed by atoms with Crippen LogP contribution in [0.4, 0.5) is 4.79 Å². The van der Waals surface area contributed by atoms with Gasteiger partial charge in [-0.25, -0.2) is 4.79 Å². The molecule has 2 aliphatic rings. The molecule has 1 saturated carbocycles. The van der Waals surface area contributed by atoms with Crippen LogP contribution in [0, 0.1) is 5.41 Å². The number of nitrogens with one attached hydrogen (secondary N) is 2. The van der Waals surface area contributed by atoms with E-state index in [-0.39, 0.29) is 18.4 Å². The number of unbranched alkanes of at least 4 members (excludes halogenated alkanes) is 4. The number of alkyl carbamates (subject to hydrolysis) is 1. The van der Waals surface area contributed by atoms with Gasteiger partial charge in [0.2, 0.25) is 5.91 Å². The van der Waals surface area contributed by atoms with Crippen LogP contribution in [0.2, 0.25) is 0 Å². The van der Waals surface area contributed by atoms with Gasteiger partial charge in [0.15, 0.2) is 0 Å². The third-order valence-electron chi connectivity index (χ3n) is 7.12. The fraction of sp³-hybridized carbons (Fsp3) is 0.464. The van der Waals surface area contributed by atoms with Gasteiger partial charge in [-0.05, 0) is 47.9 Å². The molecule has 2 aromatic rings. The van der Waals surface area contributed by atoms with Crippen molar-refractivity contribution in [1.82, 2.24) is 10.6 Å². The summed E-state index contributed by atoms with van der Waals surface area (Å²) in [7, 11) is 0. The van der Waals surface area contributed by atoms with Gasteiger partial charge in [-0.3, -0.25) is 9.59 Å². The molecule has 4 rings (SSSR count). The summed E-state index contributed by atoms with van der Waals surface area (Å²) in [6.45, 7) is 1.12. The molecule has 0 spiro atoms. The quantitative estimate of drug-likeness (QED) is 0.357. The Morgan fingerprint density at radius 2 is 1.46 bits per heavy atom. The van der Waals surface area contributed by atoms with Gasteiger partial charge in [0.05, 0.1) is 5.41 Å². The molecule has 7 heteroatoms. The molecule has 0 atom stereocenters. The van der Waals surface area contributed by atoms with E-state index >= 15 is 0 Å². The number of carboxylic acid groups (broad SMARTS) is 1. The standard InChI is InChI=1S/C28H34N2O5/c31-25(30-19-28(15-16-28)26(32)33)14-4-2-1-3-9-17-29-27(34)35-18-24-22-12-7-5-10-20(22)21-11-6-8-13-23(21)24/h5-8,10-13,24H,1-4,9,14-19H2,(H,29,34)(H,30,31)(H,32,33). The molecule has 2 amide bonds. The van der Waals surface area contributed by atoms with E-state index in [1.165, 1.54) is 22.3 Å². The highest BCUT2D eigenvalue weighted by Crippen LogP contribution is 2.45. The minimum absolute atomic E-state index is 0.0595. The Balaban J connectivity index is 1.05. The zero-order chi connectivity index (χ0) is 24.7. The van der Waals surface area contributed by atoms with Crippen LogP contribution in [0.25, 0.3) is 11.1 Å². The Morgan fingerprint density at radius 1 is 0.857 bits per heavy atom. The predicted octanol–water partition coefficient (Wildman–Crippen LogP) is 4.85. The molecule has 0 heterocycles. The van der Waals surface area contributed by atoms with Gasteiger partial charge in [0, 0.05) is 25.4 Å². The molecule has 7 nitrogen and oxygen atoms in total. The van der Waals surface area contributed by atoms with E-state index in [9.17, 15) is 14.4 Å². The van der Waals surface area contributed by atoms with E-state index in [0.29, 0.717) is 32.4 Å². The molecule has 0 bridgehead atoms. The highest BCUT2D eigenvalue weighted by Gasteiger charge is 2.50. The normalized spacial score (nSPS) is 15.1. The number of carbonyl (C=O) groups excluding carboxylic acids is 2. The second kappa shape index (κ2) is 11.4. The third-order valence-corrected chi connectivity index (χ3v) is 7.12. The number of hydrogen-bond donors (Lipinski definition) is 3. The Morgan fingerprint density at radius 3 is 2.09 bits per heavy atom. The van der Waals surface area contributed by atoms with E-state index < -0.39 is 17.5 Å². The average molecular weight is 479 g/mol. The topological polar surface area (TPSA) is 105 Å². The lowest BCUT2D eigenvalue weighted by molar-refractivity contribution is -0.143. The Bertz CT molecular complexity index is 1020. The van der Waals surface area contributed by atoms with Crippen molar-refractivity contribution >= 4 is 18.0 Å². The molecule has 0 saturated heterocycles. The van der Waals surface area contributed by atoms with E-state index in [0.717, 1.165) is 32.1 Å². The second-order valence-electron chi connectivity index (χ2n) is 9.63. The van der Waals surface area contributed by atoms with Gasteiger partial charge < -0.3 is 20.5 Å². The van der Waals surface area contributed by atoms with Crippen molar-refractivity contribution in [2.45, 2.75) is 57.3 Å². The monoisotopic (exact) mass is 478 g/mol. The molecule has 0 unspecified atom stereocenters. The molecular weight excluding hydrogens is 444 g/mol. The average Bonchev–Trinajstić information content (AvgIpc) is 3.60. The number of aliphatic carboxylic acids is 1. The first-order valence-electron chi connectivity index (χ1n) is 12.6. The van der Waals surface area contributed by atoms with Crippen molar-refractivity contribution in [3.63, 3.8) is 0 Å². The van der Waals surface area contributed by atoms with Crippen LogP contribution < -0.4 is 10.6 Å². The summed E-state index contributed by atoms with van der Waals surface area (Å²) in [6.07, 6.45) is 5.85. The Hall–Kier alpha value is -3.35. The maximum absolute atomic E-state index is 12.2. The minimum atomic E-state index is -0.815. The highest BCUT2D eigenvalue weighted by molar-refractivity contribution is 5.81. The zero-order valence-corrected chi connectivity index (χ0v) is 20.1. The number of carbonyl (C=O) groups is 3. The van der Waals surface area contributed by atoms with Crippen LogP contribution in [-0.4, -0.2) is 42.8 Å². The first-order chi connectivity index (χ1) is 17.0. The summed E-state index contributed by atoms with van der Waals surface area (Å²) in [4.78, 5) is 35.2. The first kappa shape index (κ1) is 24.8. The smallest absolute Gasteiger partial charge is 0.407 e. The molecule has 0 aliphatic heterocycles. The van der Waals surface area contributed by atoms with Crippen LogP contribution in [-0.2, 0) is 14.3 Å². The number of fused-ring (bicyclic) bond motifs is 3. The van der Waals surface area contributed by atoms with Crippen molar-refractivity contribution in [3.8, 4) is 11.1 Å². The maximum Gasteiger partial charge on any atom is 0.407 e. The van der Waals surface area contributed by atoms with Crippen molar-refractivity contribution in [1.29, 1.82) is 0 Å². The van der Waals surface area contributed by atoms with Gasteiger partial charge in [-0.15, -0.1) is 0 Å². The molecule has 3 N–H and O–H groups in total. The van der Waals surface area contributed by atoms with E-state index in [2.05, 4.69) is 34.9 Å². The summed E-state index contributed by atoms with van der Waals surface area (Å²) in [6, 6.07) is 16.5. The second-order valence-corrected chi connectivity index (χ2v) is 9.63. The molecule has 0 aromatic heterocycles. The van der Waals surface area contributed by atoms with Crippen LogP contribution in [0.15, 0.2) is 48.5 Å². The minimum Gasteiger partial charge on any atom is -0.481 e. The van der Waals surface area contributed by atoms with Gasteiger partial charge in [0.1, 0.15) is 6.61 Å². The van der Waals surface area contributed by atoms with Gasteiger partial charge in [-0.2, -0.15) is 0 Å². The molecule has 2 aromatic carbocycles. The van der Waals surface area contributed by atoms with Crippen molar-refractivity contribution in [2.24, 2.45) is 5.41 Å². The van der Waals surface area contributed by atoms with Crippen LogP contribution >= 0.6 is 0 Å². The number of amides is 2. The van der Waals surface area contributed by atoms with Crippen LogP contribution in [0.3, 0.4) is 0 Å². The number of ether oxygens (including phenoxy) is 1. The largest absolute Gasteiger partial charge is 0.481 e. The fourth-order valence-corrected chi connectivity index (χ4v) is 4.75. The summed E-state index contributed by atoms with van der Waals surface area (Å²) in [5.74, 6) is -0.830. The van der Waals surface area contributed by atoms with Crippen LogP contribution in [0.1, 0.15) is 68.4 Å². The molecule has 186 valence electrons. The zero-order valence-electron chi connectivity index (χ0n) is 20.1. The van der Waals surface area contributed by atoms with Gasteiger partial charge in [-0.1, -0.05) is 67.8 Å². The SMILES string of the molecule is O=C(CCCCCCCNC(=O)OCC1c2ccccc2-c2ccccc21)NCC1(C(=O)O)CC1. The highest BCUT2D eigenvalue weighted by atomic mass is 16.5. The molecule has 35 heavy (non-hydrogen) atoms. The number of rotatable bonds is 13. The van der Waals surface area contributed by atoms with Crippen molar-refractivity contribution in [3.05, 3.63) is 59.7 Å². The number of benzene rings is 2. The van der Waals surface area contributed by atoms with E-state index in [4.69, 9.17) is 9.84 Å². The summed E-state index contributed by atoms with van der Waals surface area (Å²) >= 11 is 0. The number of hydrogen-bond acceptors (Lipinski definition) is 4. The third kappa shape index (κ3) is 6.21. The first-order valence-corrected chi connectivity index (χ1v) is 12.6. The Kier molecular flexibility index (Phi) is 8.06. The summed E-state index contributed by atoms with van der Waals surface area (Å²) in [5, 5.41) is 14.7. The Labute approximate surface area is 206 Å². The van der Waals surface area contributed by atoms with E-state index in [1.807, 2.05) is 24.3 Å². The lowest BCUT2D eigenvalue weighted by atomic mass is 9.98. The predicted molar refractivity (Wildman–Crippen MR) is 133 cm³/mol. The van der Waals surface area contributed by atoms with Crippen LogP contribution in [0.5, 0.6) is 0 Å². The fourth-order valence-electron chi connectivity index (χ4n) is 4.75. The van der Waals surface area contributed by atoms with Crippen molar-refractivity contribution < 1.29 is 24.2 Å². The molecule has 1 fully saturated rings. The summed E-state index contributed by atoms with van der Waals surface area (Å²) in [5.41, 5.74) is 4.10. The summed E-state index contributed by atoms with van der Waals surface area (Å²) < 4.78 is 5.55. The van der Waals surface area contributed by atoms with Gasteiger partial charge in [0.25, 0.3) is 0 Å². The molecule has 2 aliphatic carbocycles. The van der Waals surface area contributed by atoms with E-state index in [1.54, 1.807) is 0 Å². The lowest BCUT2D eigenvalue weighted by Gasteiger charge is -2.14. The maximum atomic E-state index is 12.2. The lowest BCUT2D eigenvalue weighted by Crippen LogP contribution is -2.34. The molecular formula is C28H34N2O5. The van der Waals surface area contributed by atoms with Gasteiger partial charge >= 0.3 is 12.1 Å². The molecule has 0 radical (unpaired) electrons. The number of carboxylic acids is 1.